The van der Waals surface area contributed by atoms with E-state index in [0.717, 1.165) is 30.5 Å². The molecule has 182 valence electrons. The van der Waals surface area contributed by atoms with Crippen molar-refractivity contribution >= 4 is 35.8 Å². The van der Waals surface area contributed by atoms with Crippen molar-refractivity contribution in [1.82, 2.24) is 15.5 Å². The summed E-state index contributed by atoms with van der Waals surface area (Å²) in [5.41, 5.74) is 1.99. The molecule has 2 saturated heterocycles. The molecule has 5 atom stereocenters. The first-order valence-corrected chi connectivity index (χ1v) is 12.2. The molecule has 0 radical (unpaired) electrons. The lowest BCUT2D eigenvalue weighted by molar-refractivity contribution is -0.137. The van der Waals surface area contributed by atoms with Crippen molar-refractivity contribution < 1.29 is 19.2 Å². The van der Waals surface area contributed by atoms with Crippen LogP contribution in [0.1, 0.15) is 37.7 Å². The SMILES string of the molecule is CN(C)c1ccc(/C=C/C(=O)N2C[C@@H]3CCC[C@@H]3[C@H]2C(=O)N[C@H](C=O)C[C@@H]2CCNC2=O)cc1. The number of likely N-dealkylation sites (tertiary alicyclic amines) is 1. The Morgan fingerprint density at radius 2 is 1.97 bits per heavy atom. The van der Waals surface area contributed by atoms with Gasteiger partial charge in [0.2, 0.25) is 17.7 Å². The van der Waals surface area contributed by atoms with Gasteiger partial charge in [0.05, 0.1) is 6.04 Å². The van der Waals surface area contributed by atoms with E-state index in [4.69, 9.17) is 0 Å². The monoisotopic (exact) mass is 466 g/mol. The molecule has 0 spiro atoms. The minimum Gasteiger partial charge on any atom is -0.378 e. The molecular weight excluding hydrogens is 432 g/mol. The highest BCUT2D eigenvalue weighted by molar-refractivity contribution is 5.96. The highest BCUT2D eigenvalue weighted by Crippen LogP contribution is 2.42. The van der Waals surface area contributed by atoms with E-state index in [9.17, 15) is 19.2 Å². The zero-order chi connectivity index (χ0) is 24.2. The Morgan fingerprint density at radius 3 is 2.62 bits per heavy atom. The Labute approximate surface area is 200 Å². The molecule has 1 saturated carbocycles. The summed E-state index contributed by atoms with van der Waals surface area (Å²) >= 11 is 0. The number of carbonyl (C=O) groups excluding carboxylic acids is 4. The second-order valence-electron chi connectivity index (χ2n) is 9.87. The van der Waals surface area contributed by atoms with Gasteiger partial charge in [0.25, 0.3) is 0 Å². The molecule has 0 aromatic heterocycles. The van der Waals surface area contributed by atoms with Gasteiger partial charge in [-0.3, -0.25) is 14.4 Å². The molecule has 8 nitrogen and oxygen atoms in total. The topological polar surface area (TPSA) is 98.8 Å². The number of nitrogens with zero attached hydrogens (tertiary/aromatic N) is 2. The van der Waals surface area contributed by atoms with Crippen LogP contribution in [0.4, 0.5) is 5.69 Å². The van der Waals surface area contributed by atoms with Gasteiger partial charge in [-0.15, -0.1) is 0 Å². The molecule has 34 heavy (non-hydrogen) atoms. The molecule has 3 amide bonds. The van der Waals surface area contributed by atoms with Gasteiger partial charge in [0.1, 0.15) is 12.3 Å². The number of amides is 3. The van der Waals surface area contributed by atoms with Crippen molar-refractivity contribution in [3.05, 3.63) is 35.9 Å². The van der Waals surface area contributed by atoms with Crippen molar-refractivity contribution in [3.63, 3.8) is 0 Å². The van der Waals surface area contributed by atoms with Gasteiger partial charge in [-0.2, -0.15) is 0 Å². The Kier molecular flexibility index (Phi) is 7.34. The van der Waals surface area contributed by atoms with Gasteiger partial charge >= 0.3 is 0 Å². The zero-order valence-corrected chi connectivity index (χ0v) is 19.9. The van der Waals surface area contributed by atoms with Crippen molar-refractivity contribution in [2.75, 3.05) is 32.1 Å². The quantitative estimate of drug-likeness (QED) is 0.448. The lowest BCUT2D eigenvalue weighted by atomic mass is 9.92. The van der Waals surface area contributed by atoms with Gasteiger partial charge in [-0.25, -0.2) is 0 Å². The molecule has 3 aliphatic rings. The molecule has 4 rings (SSSR count). The maximum absolute atomic E-state index is 13.3. The summed E-state index contributed by atoms with van der Waals surface area (Å²) < 4.78 is 0. The molecule has 2 heterocycles. The molecule has 1 aliphatic carbocycles. The van der Waals surface area contributed by atoms with Gasteiger partial charge in [0, 0.05) is 44.9 Å². The minimum atomic E-state index is -0.732. The largest absolute Gasteiger partial charge is 0.378 e. The fourth-order valence-corrected chi connectivity index (χ4v) is 5.61. The Morgan fingerprint density at radius 1 is 1.21 bits per heavy atom. The zero-order valence-electron chi connectivity index (χ0n) is 19.9. The second kappa shape index (κ2) is 10.4. The average Bonchev–Trinajstić information content (AvgIpc) is 3.53. The molecule has 2 N–H and O–H groups in total. The highest BCUT2D eigenvalue weighted by Gasteiger charge is 2.49. The van der Waals surface area contributed by atoms with E-state index in [2.05, 4.69) is 10.6 Å². The van der Waals surface area contributed by atoms with E-state index >= 15 is 0 Å². The molecule has 2 aliphatic heterocycles. The van der Waals surface area contributed by atoms with Crippen LogP contribution in [-0.2, 0) is 19.2 Å². The van der Waals surface area contributed by atoms with E-state index < -0.39 is 12.1 Å². The normalized spacial score (nSPS) is 26.9. The number of aldehydes is 1. The predicted octanol–water partition coefficient (Wildman–Crippen LogP) is 1.60. The number of nitrogens with one attached hydrogen (secondary N) is 2. The number of benzene rings is 1. The predicted molar refractivity (Wildman–Crippen MR) is 130 cm³/mol. The number of carbonyl (C=O) groups is 4. The molecule has 3 fully saturated rings. The Hall–Kier alpha value is -3.16. The lowest BCUT2D eigenvalue weighted by Gasteiger charge is -2.27. The highest BCUT2D eigenvalue weighted by atomic mass is 16.2. The summed E-state index contributed by atoms with van der Waals surface area (Å²) in [7, 11) is 3.95. The van der Waals surface area contributed by atoms with Crippen LogP contribution in [0, 0.1) is 17.8 Å². The van der Waals surface area contributed by atoms with Crippen LogP contribution in [0.3, 0.4) is 0 Å². The molecule has 0 bridgehead atoms. The van der Waals surface area contributed by atoms with E-state index in [1.54, 1.807) is 11.0 Å². The fraction of sp³-hybridized carbons (Fsp3) is 0.538. The average molecular weight is 467 g/mol. The van der Waals surface area contributed by atoms with Crippen LogP contribution in [0.25, 0.3) is 6.08 Å². The Balaban J connectivity index is 1.44. The second-order valence-corrected chi connectivity index (χ2v) is 9.87. The van der Waals surface area contributed by atoms with E-state index in [-0.39, 0.29) is 29.6 Å². The van der Waals surface area contributed by atoms with E-state index in [1.807, 2.05) is 43.3 Å². The first-order valence-electron chi connectivity index (χ1n) is 12.2. The third-order valence-corrected chi connectivity index (χ3v) is 7.46. The minimum absolute atomic E-state index is 0.0709. The smallest absolute Gasteiger partial charge is 0.247 e. The maximum Gasteiger partial charge on any atom is 0.247 e. The van der Waals surface area contributed by atoms with Crippen molar-refractivity contribution in [2.45, 2.75) is 44.2 Å². The molecule has 1 aromatic carbocycles. The first kappa shape index (κ1) is 24.0. The summed E-state index contributed by atoms with van der Waals surface area (Å²) in [4.78, 5) is 53.7. The number of fused-ring (bicyclic) bond motifs is 1. The first-order chi connectivity index (χ1) is 16.4. The third kappa shape index (κ3) is 5.16. The number of rotatable bonds is 8. The van der Waals surface area contributed by atoms with Crippen molar-refractivity contribution in [3.8, 4) is 0 Å². The summed E-state index contributed by atoms with van der Waals surface area (Å²) in [6, 6.07) is 6.58. The van der Waals surface area contributed by atoms with Gasteiger partial charge < -0.3 is 25.2 Å². The molecule has 0 unspecified atom stereocenters. The third-order valence-electron chi connectivity index (χ3n) is 7.46. The lowest BCUT2D eigenvalue weighted by Crippen LogP contribution is -2.51. The van der Waals surface area contributed by atoms with Crippen LogP contribution in [0.5, 0.6) is 0 Å². The summed E-state index contributed by atoms with van der Waals surface area (Å²) in [5, 5.41) is 5.60. The number of hydrogen-bond acceptors (Lipinski definition) is 5. The fourth-order valence-electron chi connectivity index (χ4n) is 5.61. The maximum atomic E-state index is 13.3. The van der Waals surface area contributed by atoms with Gasteiger partial charge in [-0.05, 0) is 61.3 Å². The molecule has 1 aromatic rings. The number of hydrogen-bond donors (Lipinski definition) is 2. The Bertz CT molecular complexity index is 958. The van der Waals surface area contributed by atoms with Crippen molar-refractivity contribution in [1.29, 1.82) is 0 Å². The van der Waals surface area contributed by atoms with Crippen LogP contribution < -0.4 is 15.5 Å². The summed E-state index contributed by atoms with van der Waals surface area (Å²) in [6.07, 6.45) is 7.93. The number of anilines is 1. The van der Waals surface area contributed by atoms with Crippen molar-refractivity contribution in [2.24, 2.45) is 17.8 Å². The van der Waals surface area contributed by atoms with E-state index in [0.29, 0.717) is 38.1 Å². The van der Waals surface area contributed by atoms with Crippen LogP contribution in [0.15, 0.2) is 30.3 Å². The summed E-state index contributed by atoms with van der Waals surface area (Å²) in [5.74, 6) is -0.399. The van der Waals surface area contributed by atoms with Crippen LogP contribution >= 0.6 is 0 Å². The van der Waals surface area contributed by atoms with Gasteiger partial charge in [0.15, 0.2) is 0 Å². The van der Waals surface area contributed by atoms with Gasteiger partial charge in [-0.1, -0.05) is 18.6 Å². The molecule has 8 heteroatoms. The van der Waals surface area contributed by atoms with E-state index in [1.165, 1.54) is 6.08 Å². The van der Waals surface area contributed by atoms with Crippen LogP contribution in [0.2, 0.25) is 0 Å². The standard InChI is InChI=1S/C26H34N4O4/c1-29(2)21-9-6-17(7-10-21)8-11-23(32)30-15-19-4-3-5-22(19)24(30)26(34)28-20(16-31)14-18-12-13-27-25(18)33/h6-11,16,18-20,22,24H,3-5,12-15H2,1-2H3,(H,27,33)(H,28,34)/b11-8+/t18-,19-,20-,22-,24-/m0/s1. The molecular formula is C26H34N4O4. The summed E-state index contributed by atoms with van der Waals surface area (Å²) in [6.45, 7) is 1.16. The van der Waals surface area contributed by atoms with Crippen LogP contribution in [-0.4, -0.2) is 68.2 Å².